The van der Waals surface area contributed by atoms with E-state index in [1.54, 1.807) is 6.26 Å². The second-order valence-electron chi connectivity index (χ2n) is 3.84. The predicted molar refractivity (Wildman–Crippen MR) is 67.0 cm³/mol. The van der Waals surface area contributed by atoms with Gasteiger partial charge in [0.1, 0.15) is 5.69 Å². The van der Waals surface area contributed by atoms with E-state index < -0.39 is 0 Å². The molecular weight excluding hydrogens is 236 g/mol. The summed E-state index contributed by atoms with van der Waals surface area (Å²) in [7, 11) is 0. The fourth-order valence-corrected chi connectivity index (χ4v) is 1.99. The number of furan rings is 1. The van der Waals surface area contributed by atoms with E-state index in [1.807, 2.05) is 37.3 Å². The van der Waals surface area contributed by atoms with Gasteiger partial charge in [-0.25, -0.2) is 9.97 Å². The molecule has 0 saturated heterocycles. The summed E-state index contributed by atoms with van der Waals surface area (Å²) in [5.74, 6) is 0.699. The smallest absolute Gasteiger partial charge is 0.223 e. The molecule has 84 valence electrons. The first-order valence-corrected chi connectivity index (χ1v) is 5.59. The number of hydrogen-bond donors (Lipinski definition) is 0. The van der Waals surface area contributed by atoms with Crippen molar-refractivity contribution in [1.29, 1.82) is 0 Å². The van der Waals surface area contributed by atoms with E-state index in [0.717, 1.165) is 22.2 Å². The molecule has 3 rings (SSSR count). The Hall–Kier alpha value is -1.87. The molecule has 0 amide bonds. The Balaban J connectivity index is 2.39. The molecule has 17 heavy (non-hydrogen) atoms. The monoisotopic (exact) mass is 244 g/mol. The zero-order valence-electron chi connectivity index (χ0n) is 9.14. The average molecular weight is 245 g/mol. The highest BCUT2D eigenvalue weighted by Crippen LogP contribution is 2.28. The van der Waals surface area contributed by atoms with Gasteiger partial charge in [-0.2, -0.15) is 0 Å². The number of nitrogens with zero attached hydrogens (tertiary/aromatic N) is 2. The Bertz CT molecular complexity index is 677. The minimum Gasteiger partial charge on any atom is -0.463 e. The van der Waals surface area contributed by atoms with Crippen molar-refractivity contribution in [3.8, 4) is 11.5 Å². The van der Waals surface area contributed by atoms with Crippen molar-refractivity contribution in [2.24, 2.45) is 0 Å². The maximum Gasteiger partial charge on any atom is 0.223 e. The number of rotatable bonds is 1. The normalized spacial score (nSPS) is 10.9. The van der Waals surface area contributed by atoms with Crippen LogP contribution in [0.2, 0.25) is 5.28 Å². The number of benzene rings is 1. The van der Waals surface area contributed by atoms with Crippen molar-refractivity contribution in [2.45, 2.75) is 6.92 Å². The van der Waals surface area contributed by atoms with Crippen molar-refractivity contribution in [1.82, 2.24) is 9.97 Å². The van der Waals surface area contributed by atoms with Gasteiger partial charge in [-0.1, -0.05) is 11.6 Å². The van der Waals surface area contributed by atoms with Gasteiger partial charge in [0.2, 0.25) is 5.28 Å². The van der Waals surface area contributed by atoms with E-state index in [-0.39, 0.29) is 5.28 Å². The average Bonchev–Trinajstić information content (AvgIpc) is 2.82. The molecule has 0 aliphatic rings. The lowest BCUT2D eigenvalue weighted by Crippen LogP contribution is -1.90. The van der Waals surface area contributed by atoms with Gasteiger partial charge in [-0.05, 0) is 42.8 Å². The summed E-state index contributed by atoms with van der Waals surface area (Å²) >= 11 is 5.92. The fourth-order valence-electron chi connectivity index (χ4n) is 1.82. The largest absolute Gasteiger partial charge is 0.463 e. The molecule has 2 heterocycles. The number of aryl methyl sites for hydroxylation is 1. The Kier molecular flexibility index (Phi) is 2.34. The zero-order valence-corrected chi connectivity index (χ0v) is 9.90. The third kappa shape index (κ3) is 1.78. The van der Waals surface area contributed by atoms with Gasteiger partial charge < -0.3 is 4.42 Å². The van der Waals surface area contributed by atoms with Crippen LogP contribution in [-0.2, 0) is 0 Å². The first-order chi connectivity index (χ1) is 8.24. The third-order valence-corrected chi connectivity index (χ3v) is 2.75. The Morgan fingerprint density at radius 2 is 2.06 bits per heavy atom. The van der Waals surface area contributed by atoms with Crippen molar-refractivity contribution in [3.05, 3.63) is 47.4 Å². The summed E-state index contributed by atoms with van der Waals surface area (Å²) in [6.45, 7) is 2.03. The summed E-state index contributed by atoms with van der Waals surface area (Å²) in [6.07, 6.45) is 1.62. The van der Waals surface area contributed by atoms with Crippen LogP contribution in [0.3, 0.4) is 0 Å². The number of aromatic nitrogens is 2. The molecule has 0 saturated carbocycles. The van der Waals surface area contributed by atoms with Crippen molar-refractivity contribution in [2.75, 3.05) is 0 Å². The van der Waals surface area contributed by atoms with Gasteiger partial charge in [-0.15, -0.1) is 0 Å². The van der Waals surface area contributed by atoms with E-state index in [2.05, 4.69) is 9.97 Å². The molecule has 2 aromatic heterocycles. The second-order valence-corrected chi connectivity index (χ2v) is 4.18. The van der Waals surface area contributed by atoms with Crippen LogP contribution in [0.5, 0.6) is 0 Å². The van der Waals surface area contributed by atoms with Crippen molar-refractivity contribution in [3.63, 3.8) is 0 Å². The Morgan fingerprint density at radius 3 is 2.82 bits per heavy atom. The molecule has 0 aliphatic heterocycles. The highest BCUT2D eigenvalue weighted by atomic mass is 35.5. The molecule has 0 radical (unpaired) electrons. The van der Waals surface area contributed by atoms with Gasteiger partial charge in [0.15, 0.2) is 5.76 Å². The molecule has 0 N–H and O–H groups in total. The van der Waals surface area contributed by atoms with Crippen LogP contribution in [0, 0.1) is 6.92 Å². The molecule has 0 unspecified atom stereocenters. The van der Waals surface area contributed by atoms with Gasteiger partial charge in [0, 0.05) is 5.39 Å². The summed E-state index contributed by atoms with van der Waals surface area (Å²) in [5, 5.41) is 1.18. The quantitative estimate of drug-likeness (QED) is 0.611. The van der Waals surface area contributed by atoms with E-state index in [9.17, 15) is 0 Å². The van der Waals surface area contributed by atoms with Crippen LogP contribution in [0.15, 0.2) is 41.0 Å². The van der Waals surface area contributed by atoms with Crippen LogP contribution in [0.4, 0.5) is 0 Å². The van der Waals surface area contributed by atoms with Gasteiger partial charge in [-0.3, -0.25) is 0 Å². The lowest BCUT2D eigenvalue weighted by atomic mass is 10.1. The summed E-state index contributed by atoms with van der Waals surface area (Å²) < 4.78 is 5.37. The van der Waals surface area contributed by atoms with E-state index >= 15 is 0 Å². The maximum absolute atomic E-state index is 5.92. The van der Waals surface area contributed by atoms with Crippen LogP contribution in [0.1, 0.15) is 5.56 Å². The van der Waals surface area contributed by atoms with Crippen LogP contribution < -0.4 is 0 Å². The Morgan fingerprint density at radius 1 is 1.18 bits per heavy atom. The highest BCUT2D eigenvalue weighted by Gasteiger charge is 2.11. The SMILES string of the molecule is Cc1ccc2nc(Cl)nc(-c3ccco3)c2c1. The third-order valence-electron chi connectivity index (χ3n) is 2.58. The lowest BCUT2D eigenvalue weighted by Gasteiger charge is -2.04. The number of halogens is 1. The summed E-state index contributed by atoms with van der Waals surface area (Å²) in [5.41, 5.74) is 2.70. The minimum absolute atomic E-state index is 0.229. The first-order valence-electron chi connectivity index (χ1n) is 5.22. The predicted octanol–water partition coefficient (Wildman–Crippen LogP) is 3.85. The van der Waals surface area contributed by atoms with Crippen molar-refractivity contribution >= 4 is 22.5 Å². The van der Waals surface area contributed by atoms with Crippen LogP contribution in [0.25, 0.3) is 22.4 Å². The number of hydrogen-bond acceptors (Lipinski definition) is 3. The molecule has 4 heteroatoms. The summed E-state index contributed by atoms with van der Waals surface area (Å²) in [4.78, 5) is 8.45. The van der Waals surface area contributed by atoms with Crippen molar-refractivity contribution < 1.29 is 4.42 Å². The fraction of sp³-hybridized carbons (Fsp3) is 0.0769. The molecule has 0 fully saturated rings. The zero-order chi connectivity index (χ0) is 11.8. The van der Waals surface area contributed by atoms with Gasteiger partial charge in [0.25, 0.3) is 0 Å². The Labute approximate surface area is 103 Å². The molecule has 3 nitrogen and oxygen atoms in total. The molecule has 0 bridgehead atoms. The van der Waals surface area contributed by atoms with E-state index in [1.165, 1.54) is 0 Å². The number of fused-ring (bicyclic) bond motifs is 1. The molecule has 1 aromatic carbocycles. The highest BCUT2D eigenvalue weighted by molar-refractivity contribution is 6.28. The summed E-state index contributed by atoms with van der Waals surface area (Å²) in [6, 6.07) is 9.65. The second kappa shape index (κ2) is 3.86. The minimum atomic E-state index is 0.229. The molecule has 0 atom stereocenters. The van der Waals surface area contributed by atoms with Gasteiger partial charge in [0.05, 0.1) is 11.8 Å². The van der Waals surface area contributed by atoms with Crippen LogP contribution >= 0.6 is 11.6 Å². The lowest BCUT2D eigenvalue weighted by molar-refractivity contribution is 0.580. The van der Waals surface area contributed by atoms with Gasteiger partial charge >= 0.3 is 0 Å². The molecular formula is C13H9ClN2O. The first kappa shape index (κ1) is 10.3. The standard InChI is InChI=1S/C13H9ClN2O/c1-8-4-5-10-9(7-8)12(16-13(14)15-10)11-3-2-6-17-11/h2-7H,1H3. The topological polar surface area (TPSA) is 38.9 Å². The maximum atomic E-state index is 5.92. The van der Waals surface area contributed by atoms with E-state index in [0.29, 0.717) is 5.76 Å². The van der Waals surface area contributed by atoms with E-state index in [4.69, 9.17) is 16.0 Å². The molecule has 0 spiro atoms. The molecule has 0 aliphatic carbocycles. The molecule has 3 aromatic rings. The van der Waals surface area contributed by atoms with Crippen LogP contribution in [-0.4, -0.2) is 9.97 Å².